The number of rotatable bonds is 12. The van der Waals surface area contributed by atoms with Gasteiger partial charge in [0.15, 0.2) is 0 Å². The van der Waals surface area contributed by atoms with Crippen LogP contribution in [-0.4, -0.2) is 58.3 Å². The van der Waals surface area contributed by atoms with Crippen LogP contribution >= 0.6 is 12.6 Å². The average molecular weight is 454 g/mol. The fourth-order valence-electron chi connectivity index (χ4n) is 4.12. The zero-order valence-corrected chi connectivity index (χ0v) is 19.8. The van der Waals surface area contributed by atoms with E-state index >= 15 is 0 Å². The second-order valence-corrected chi connectivity index (χ2v) is 10.7. The highest BCUT2D eigenvalue weighted by Gasteiger charge is 2.31. The maximum atomic E-state index is 12.4. The third-order valence-electron chi connectivity index (χ3n) is 6.12. The molecule has 1 unspecified atom stereocenters. The molecule has 176 valence electrons. The molecule has 0 saturated heterocycles. The van der Waals surface area contributed by atoms with Gasteiger partial charge in [-0.05, 0) is 56.9 Å². The highest BCUT2D eigenvalue weighted by molar-refractivity contribution is 7.81. The van der Waals surface area contributed by atoms with Crippen LogP contribution in [0.4, 0.5) is 0 Å². The highest BCUT2D eigenvalue weighted by Crippen LogP contribution is 2.30. The van der Waals surface area contributed by atoms with Crippen molar-refractivity contribution in [2.24, 2.45) is 11.8 Å². The Kier molecular flexibility index (Phi) is 10.4. The predicted molar refractivity (Wildman–Crippen MR) is 124 cm³/mol. The summed E-state index contributed by atoms with van der Waals surface area (Å²) in [5.74, 6) is 0.441. The molecule has 1 atom stereocenters. The molecule has 0 radical (unpaired) electrons. The molecular formula is C23H39N3O4S. The third-order valence-corrected chi connectivity index (χ3v) is 6.35. The van der Waals surface area contributed by atoms with Crippen LogP contribution in [0.15, 0.2) is 12.2 Å². The topological polar surface area (TPSA) is 98.7 Å². The first-order valence-electron chi connectivity index (χ1n) is 11.6. The monoisotopic (exact) mass is 453 g/mol. The van der Waals surface area contributed by atoms with E-state index in [1.54, 1.807) is 0 Å². The van der Waals surface area contributed by atoms with E-state index in [9.17, 15) is 19.5 Å². The number of aliphatic hydroxyl groups is 1. The van der Waals surface area contributed by atoms with Gasteiger partial charge < -0.3 is 20.6 Å². The lowest BCUT2D eigenvalue weighted by Crippen LogP contribution is -2.40. The van der Waals surface area contributed by atoms with E-state index in [4.69, 9.17) is 0 Å². The number of hydrogen-bond acceptors (Lipinski definition) is 5. The van der Waals surface area contributed by atoms with Crippen LogP contribution in [0.2, 0.25) is 0 Å². The maximum absolute atomic E-state index is 12.4. The Hall–Kier alpha value is -1.54. The molecule has 3 N–H and O–H groups in total. The van der Waals surface area contributed by atoms with Crippen molar-refractivity contribution in [3.63, 3.8) is 0 Å². The standard InChI is InChI=1S/C23H39N3O4S/c1-23(2,31)13-15-24-19(27)6-4-3-5-14-25-22(30)18-9-7-17(8-10-18)16-26-20(28)11-12-21(26)29/h11-12,17-18,20,28,31H,3-10,13-16H2,1-2H3,(H,24,27)(H,25,30). The summed E-state index contributed by atoms with van der Waals surface area (Å²) in [7, 11) is 0. The Balaban J connectivity index is 1.49. The number of aliphatic hydroxyl groups excluding tert-OH is 1. The summed E-state index contributed by atoms with van der Waals surface area (Å²) in [6.07, 6.45) is 9.54. The van der Waals surface area contributed by atoms with Gasteiger partial charge in [0, 0.05) is 42.8 Å². The Morgan fingerprint density at radius 1 is 1.13 bits per heavy atom. The van der Waals surface area contributed by atoms with Gasteiger partial charge in [-0.2, -0.15) is 12.6 Å². The Morgan fingerprint density at radius 3 is 2.45 bits per heavy atom. The number of amides is 3. The van der Waals surface area contributed by atoms with Gasteiger partial charge in [0.05, 0.1) is 0 Å². The number of carbonyl (C=O) groups is 3. The van der Waals surface area contributed by atoms with Crippen LogP contribution in [-0.2, 0) is 14.4 Å². The van der Waals surface area contributed by atoms with Gasteiger partial charge in [0.25, 0.3) is 0 Å². The first kappa shape index (κ1) is 25.7. The van der Waals surface area contributed by atoms with E-state index in [-0.39, 0.29) is 28.4 Å². The largest absolute Gasteiger partial charge is 0.370 e. The average Bonchev–Trinajstić information content (AvgIpc) is 3.02. The molecule has 2 rings (SSSR count). The van der Waals surface area contributed by atoms with E-state index in [1.807, 2.05) is 13.8 Å². The van der Waals surface area contributed by atoms with Crippen LogP contribution in [0.1, 0.15) is 71.6 Å². The smallest absolute Gasteiger partial charge is 0.248 e. The lowest BCUT2D eigenvalue weighted by Gasteiger charge is -2.31. The maximum Gasteiger partial charge on any atom is 0.248 e. The molecule has 3 amide bonds. The molecule has 0 bridgehead atoms. The molecule has 1 aliphatic heterocycles. The van der Waals surface area contributed by atoms with E-state index in [2.05, 4.69) is 23.3 Å². The molecule has 0 aromatic carbocycles. The minimum absolute atomic E-state index is 0.0374. The Morgan fingerprint density at radius 2 is 1.84 bits per heavy atom. The molecule has 0 aromatic rings. The van der Waals surface area contributed by atoms with Crippen LogP contribution in [0.25, 0.3) is 0 Å². The summed E-state index contributed by atoms with van der Waals surface area (Å²) < 4.78 is -0.0718. The van der Waals surface area contributed by atoms with Gasteiger partial charge in [-0.3, -0.25) is 14.4 Å². The van der Waals surface area contributed by atoms with Gasteiger partial charge in [-0.1, -0.05) is 20.3 Å². The molecule has 0 aromatic heterocycles. The van der Waals surface area contributed by atoms with Gasteiger partial charge in [-0.15, -0.1) is 0 Å². The van der Waals surface area contributed by atoms with E-state index in [0.717, 1.165) is 51.4 Å². The summed E-state index contributed by atoms with van der Waals surface area (Å²) in [5, 5.41) is 15.8. The van der Waals surface area contributed by atoms with Crippen molar-refractivity contribution in [2.45, 2.75) is 82.6 Å². The van der Waals surface area contributed by atoms with Crippen molar-refractivity contribution >= 4 is 30.4 Å². The summed E-state index contributed by atoms with van der Waals surface area (Å²) in [5.41, 5.74) is 0. The highest BCUT2D eigenvalue weighted by atomic mass is 32.1. The number of unbranched alkanes of at least 4 members (excludes halogenated alkanes) is 2. The van der Waals surface area contributed by atoms with Crippen LogP contribution in [0, 0.1) is 11.8 Å². The fraction of sp³-hybridized carbons (Fsp3) is 0.783. The van der Waals surface area contributed by atoms with Crippen LogP contribution in [0.5, 0.6) is 0 Å². The molecule has 1 aliphatic carbocycles. The quantitative estimate of drug-likeness (QED) is 0.269. The summed E-state index contributed by atoms with van der Waals surface area (Å²) in [6, 6.07) is 0. The molecule has 1 fully saturated rings. The number of carbonyl (C=O) groups excluding carboxylic acids is 3. The van der Waals surface area contributed by atoms with Gasteiger partial charge >= 0.3 is 0 Å². The van der Waals surface area contributed by atoms with E-state index < -0.39 is 6.23 Å². The predicted octanol–water partition coefficient (Wildman–Crippen LogP) is 2.40. The van der Waals surface area contributed by atoms with Gasteiger partial charge in [0.2, 0.25) is 17.7 Å². The first-order valence-corrected chi connectivity index (χ1v) is 12.0. The van der Waals surface area contributed by atoms with Crippen molar-refractivity contribution in [2.75, 3.05) is 19.6 Å². The number of nitrogens with one attached hydrogen (secondary N) is 2. The Bertz CT molecular complexity index is 639. The second kappa shape index (κ2) is 12.5. The first-order chi connectivity index (χ1) is 14.7. The van der Waals surface area contributed by atoms with Crippen LogP contribution < -0.4 is 10.6 Å². The number of nitrogens with zero attached hydrogens (tertiary/aromatic N) is 1. The minimum atomic E-state index is -0.806. The van der Waals surface area contributed by atoms with Gasteiger partial charge in [-0.25, -0.2) is 0 Å². The second-order valence-electron chi connectivity index (χ2n) is 9.50. The SMILES string of the molecule is CC(C)(S)CCNC(=O)CCCCCNC(=O)C1CCC(CN2C(=O)C=CC2O)CC1. The van der Waals surface area contributed by atoms with Crippen LogP contribution in [0.3, 0.4) is 0 Å². The van der Waals surface area contributed by atoms with E-state index in [1.165, 1.54) is 17.1 Å². The minimum Gasteiger partial charge on any atom is -0.370 e. The number of thiol groups is 1. The molecule has 1 heterocycles. The molecular weight excluding hydrogens is 414 g/mol. The van der Waals surface area contributed by atoms with Crippen molar-refractivity contribution in [1.82, 2.24) is 15.5 Å². The molecule has 7 nitrogen and oxygen atoms in total. The van der Waals surface area contributed by atoms with Crippen molar-refractivity contribution in [3.05, 3.63) is 12.2 Å². The van der Waals surface area contributed by atoms with E-state index in [0.29, 0.717) is 32.0 Å². The lowest BCUT2D eigenvalue weighted by atomic mass is 9.81. The normalized spacial score (nSPS) is 23.8. The number of hydrogen-bond donors (Lipinski definition) is 4. The summed E-state index contributed by atoms with van der Waals surface area (Å²) >= 11 is 4.44. The summed E-state index contributed by atoms with van der Waals surface area (Å²) in [6.45, 7) is 5.92. The molecule has 31 heavy (non-hydrogen) atoms. The van der Waals surface area contributed by atoms with Gasteiger partial charge in [0.1, 0.15) is 6.23 Å². The Labute approximate surface area is 191 Å². The molecule has 8 heteroatoms. The zero-order chi connectivity index (χ0) is 22.9. The molecule has 1 saturated carbocycles. The fourth-order valence-corrected chi connectivity index (χ4v) is 4.23. The lowest BCUT2D eigenvalue weighted by molar-refractivity contribution is -0.133. The summed E-state index contributed by atoms with van der Waals surface area (Å²) in [4.78, 5) is 37.4. The van der Waals surface area contributed by atoms with Crippen molar-refractivity contribution in [1.29, 1.82) is 0 Å². The zero-order valence-electron chi connectivity index (χ0n) is 18.9. The third kappa shape index (κ3) is 9.64. The van der Waals surface area contributed by atoms with Crippen molar-refractivity contribution in [3.8, 4) is 0 Å². The van der Waals surface area contributed by atoms with Crippen molar-refractivity contribution < 1.29 is 19.5 Å². The molecule has 0 spiro atoms. The molecule has 2 aliphatic rings.